The summed E-state index contributed by atoms with van der Waals surface area (Å²) in [5.74, 6) is -0.0958. The number of hydrogen-bond donors (Lipinski definition) is 1. The number of rotatable bonds is 5. The molecule has 32 heavy (non-hydrogen) atoms. The number of nitrogens with one attached hydrogen (secondary N) is 1. The molecule has 1 amide bonds. The van der Waals surface area contributed by atoms with Gasteiger partial charge >= 0.3 is 0 Å². The van der Waals surface area contributed by atoms with Crippen molar-refractivity contribution in [1.82, 2.24) is 24.9 Å². The van der Waals surface area contributed by atoms with Crippen LogP contribution in [0.15, 0.2) is 67.0 Å². The van der Waals surface area contributed by atoms with E-state index in [0.29, 0.717) is 17.8 Å². The van der Waals surface area contributed by atoms with E-state index >= 15 is 0 Å². The average molecular weight is 426 g/mol. The van der Waals surface area contributed by atoms with Crippen molar-refractivity contribution in [3.8, 4) is 11.3 Å². The summed E-state index contributed by atoms with van der Waals surface area (Å²) in [6, 6.07) is 18.3. The van der Waals surface area contributed by atoms with Gasteiger partial charge in [-0.05, 0) is 31.7 Å². The van der Waals surface area contributed by atoms with Crippen molar-refractivity contribution < 1.29 is 4.79 Å². The third kappa shape index (κ3) is 3.96. The standard InChI is InChI=1S/C26H27N5O/c1-18-11-13-20(14-12-18)25-22(17-31(29-25)16-19-7-4-3-5-8-19)26(32)28-23-9-6-10-24-21(23)15-27-30(24)2/h3-5,7-8,11-15,17,23H,6,9-10,16H2,1-2H3,(H,28,32). The van der Waals surface area contributed by atoms with Crippen LogP contribution in [0, 0.1) is 6.92 Å². The molecule has 6 heteroatoms. The maximum atomic E-state index is 13.5. The lowest BCUT2D eigenvalue weighted by molar-refractivity contribution is 0.0933. The monoisotopic (exact) mass is 425 g/mol. The van der Waals surface area contributed by atoms with Gasteiger partial charge in [0.05, 0.1) is 24.3 Å². The molecular weight excluding hydrogens is 398 g/mol. The van der Waals surface area contributed by atoms with Gasteiger partial charge in [-0.25, -0.2) is 0 Å². The Kier molecular flexibility index (Phi) is 5.35. The molecule has 0 fully saturated rings. The molecule has 1 N–H and O–H groups in total. The van der Waals surface area contributed by atoms with Gasteiger partial charge in [-0.2, -0.15) is 10.2 Å². The van der Waals surface area contributed by atoms with Crippen molar-refractivity contribution in [3.05, 3.63) is 94.9 Å². The summed E-state index contributed by atoms with van der Waals surface area (Å²) in [4.78, 5) is 13.5. The van der Waals surface area contributed by atoms with Crippen LogP contribution in [0.4, 0.5) is 0 Å². The highest BCUT2D eigenvalue weighted by molar-refractivity contribution is 6.00. The lowest BCUT2D eigenvalue weighted by atomic mass is 9.92. The van der Waals surface area contributed by atoms with E-state index < -0.39 is 0 Å². The van der Waals surface area contributed by atoms with E-state index in [1.165, 1.54) is 11.3 Å². The second-order valence-electron chi connectivity index (χ2n) is 8.53. The van der Waals surface area contributed by atoms with E-state index in [4.69, 9.17) is 5.10 Å². The van der Waals surface area contributed by atoms with Crippen LogP contribution in [0.1, 0.15) is 51.6 Å². The van der Waals surface area contributed by atoms with Gasteiger partial charge in [-0.3, -0.25) is 14.2 Å². The van der Waals surface area contributed by atoms with Crippen LogP contribution >= 0.6 is 0 Å². The minimum Gasteiger partial charge on any atom is -0.345 e. The number of amides is 1. The zero-order valence-corrected chi connectivity index (χ0v) is 18.5. The largest absolute Gasteiger partial charge is 0.345 e. The highest BCUT2D eigenvalue weighted by Crippen LogP contribution is 2.30. The first kappa shape index (κ1) is 20.2. The Bertz CT molecular complexity index is 1240. The van der Waals surface area contributed by atoms with Crippen molar-refractivity contribution in [1.29, 1.82) is 0 Å². The number of fused-ring (bicyclic) bond motifs is 1. The molecule has 5 rings (SSSR count). The smallest absolute Gasteiger partial charge is 0.255 e. The number of benzene rings is 2. The van der Waals surface area contributed by atoms with E-state index in [1.54, 1.807) is 0 Å². The lowest BCUT2D eigenvalue weighted by Crippen LogP contribution is -2.31. The van der Waals surface area contributed by atoms with E-state index in [-0.39, 0.29) is 11.9 Å². The van der Waals surface area contributed by atoms with Crippen LogP contribution in [0.3, 0.4) is 0 Å². The molecule has 1 aliphatic carbocycles. The fourth-order valence-corrected chi connectivity index (χ4v) is 4.46. The number of carbonyl (C=O) groups is 1. The van der Waals surface area contributed by atoms with Crippen LogP contribution in [0.25, 0.3) is 11.3 Å². The van der Waals surface area contributed by atoms with Crippen molar-refractivity contribution in [2.24, 2.45) is 7.05 Å². The molecule has 2 heterocycles. The average Bonchev–Trinajstić information content (AvgIpc) is 3.40. The highest BCUT2D eigenvalue weighted by atomic mass is 16.1. The third-order valence-corrected chi connectivity index (χ3v) is 6.20. The van der Waals surface area contributed by atoms with Crippen LogP contribution in [0.2, 0.25) is 0 Å². The first-order valence-electron chi connectivity index (χ1n) is 11.1. The number of nitrogens with zero attached hydrogens (tertiary/aromatic N) is 4. The summed E-state index contributed by atoms with van der Waals surface area (Å²) in [6.07, 6.45) is 6.71. The van der Waals surface area contributed by atoms with Gasteiger partial charge in [0.25, 0.3) is 5.91 Å². The van der Waals surface area contributed by atoms with Crippen molar-refractivity contribution >= 4 is 5.91 Å². The number of aryl methyl sites for hydroxylation is 2. The van der Waals surface area contributed by atoms with Crippen molar-refractivity contribution in [3.63, 3.8) is 0 Å². The van der Waals surface area contributed by atoms with Crippen LogP contribution in [0.5, 0.6) is 0 Å². The summed E-state index contributed by atoms with van der Waals surface area (Å²) >= 11 is 0. The topological polar surface area (TPSA) is 64.7 Å². The normalized spacial score (nSPS) is 15.4. The Morgan fingerprint density at radius 3 is 2.69 bits per heavy atom. The van der Waals surface area contributed by atoms with E-state index in [9.17, 15) is 4.79 Å². The first-order chi connectivity index (χ1) is 15.6. The van der Waals surface area contributed by atoms with Gasteiger partial charge in [0, 0.05) is 30.1 Å². The Hall–Kier alpha value is -3.67. The van der Waals surface area contributed by atoms with Gasteiger partial charge in [0.2, 0.25) is 0 Å². The van der Waals surface area contributed by atoms with E-state index in [0.717, 1.165) is 36.0 Å². The number of hydrogen-bond acceptors (Lipinski definition) is 3. The maximum absolute atomic E-state index is 13.5. The second kappa shape index (κ2) is 8.46. The van der Waals surface area contributed by atoms with Crippen LogP contribution < -0.4 is 5.32 Å². The molecule has 1 aliphatic rings. The van der Waals surface area contributed by atoms with Gasteiger partial charge < -0.3 is 5.32 Å². The van der Waals surface area contributed by atoms with Crippen LogP contribution in [-0.2, 0) is 20.0 Å². The summed E-state index contributed by atoms with van der Waals surface area (Å²) in [7, 11) is 1.96. The highest BCUT2D eigenvalue weighted by Gasteiger charge is 2.27. The Balaban J connectivity index is 1.47. The summed E-state index contributed by atoms with van der Waals surface area (Å²) in [5.41, 5.74) is 6.90. The lowest BCUT2D eigenvalue weighted by Gasteiger charge is -2.23. The molecule has 0 spiro atoms. The molecule has 2 aromatic heterocycles. The third-order valence-electron chi connectivity index (χ3n) is 6.20. The Morgan fingerprint density at radius 1 is 1.12 bits per heavy atom. The second-order valence-corrected chi connectivity index (χ2v) is 8.53. The molecule has 0 bridgehead atoms. The van der Waals surface area contributed by atoms with Gasteiger partial charge in [-0.1, -0.05) is 60.2 Å². The predicted octanol–water partition coefficient (Wildman–Crippen LogP) is 4.45. The zero-order chi connectivity index (χ0) is 22.1. The molecule has 4 aromatic rings. The fourth-order valence-electron chi connectivity index (χ4n) is 4.46. The first-order valence-corrected chi connectivity index (χ1v) is 11.1. The minimum absolute atomic E-state index is 0.0247. The molecule has 1 unspecified atom stereocenters. The van der Waals surface area contributed by atoms with Crippen LogP contribution in [-0.4, -0.2) is 25.5 Å². The SMILES string of the molecule is Cc1ccc(-c2nn(Cc3ccccc3)cc2C(=O)NC2CCCc3c2cnn3C)cc1. The quantitative estimate of drug-likeness (QED) is 0.514. The Labute approximate surface area is 187 Å². The van der Waals surface area contributed by atoms with E-state index in [1.807, 2.05) is 59.1 Å². The molecular formula is C26H27N5O. The van der Waals surface area contributed by atoms with E-state index in [2.05, 4.69) is 41.6 Å². The molecule has 6 nitrogen and oxygen atoms in total. The van der Waals surface area contributed by atoms with Gasteiger partial charge in [0.1, 0.15) is 5.69 Å². The molecule has 1 atom stereocenters. The van der Waals surface area contributed by atoms with Crippen molar-refractivity contribution in [2.75, 3.05) is 0 Å². The van der Waals surface area contributed by atoms with Gasteiger partial charge in [-0.15, -0.1) is 0 Å². The molecule has 162 valence electrons. The molecule has 0 radical (unpaired) electrons. The minimum atomic E-state index is -0.0958. The maximum Gasteiger partial charge on any atom is 0.255 e. The molecule has 0 aliphatic heterocycles. The molecule has 0 saturated heterocycles. The Morgan fingerprint density at radius 2 is 1.91 bits per heavy atom. The number of aromatic nitrogens is 4. The number of carbonyl (C=O) groups excluding carboxylic acids is 1. The zero-order valence-electron chi connectivity index (χ0n) is 18.5. The summed E-state index contributed by atoms with van der Waals surface area (Å²) in [5, 5.41) is 12.5. The fraction of sp³-hybridized carbons (Fsp3) is 0.269. The molecule has 2 aromatic carbocycles. The van der Waals surface area contributed by atoms with Gasteiger partial charge in [0.15, 0.2) is 0 Å². The van der Waals surface area contributed by atoms with Crippen molar-refractivity contribution in [2.45, 2.75) is 38.8 Å². The summed E-state index contributed by atoms with van der Waals surface area (Å²) in [6.45, 7) is 2.67. The summed E-state index contributed by atoms with van der Waals surface area (Å²) < 4.78 is 3.78. The predicted molar refractivity (Wildman–Crippen MR) is 124 cm³/mol. The molecule has 0 saturated carbocycles.